The number of hydrogen-bond acceptors (Lipinski definition) is 5. The summed E-state index contributed by atoms with van der Waals surface area (Å²) in [6.07, 6.45) is 6.45. The Hall–Kier alpha value is -1.95. The molecule has 6 heteroatoms. The molecule has 0 saturated heterocycles. The predicted octanol–water partition coefficient (Wildman–Crippen LogP) is 3.43. The summed E-state index contributed by atoms with van der Waals surface area (Å²) in [5, 5.41) is 11.8. The van der Waals surface area contributed by atoms with E-state index in [4.69, 9.17) is 4.74 Å². The predicted molar refractivity (Wildman–Crippen MR) is 86.2 cm³/mol. The molecule has 1 aromatic heterocycles. The third-order valence-electron chi connectivity index (χ3n) is 3.68. The smallest absolute Gasteiger partial charge is 0.296 e. The Morgan fingerprint density at radius 1 is 1.18 bits per heavy atom. The minimum Gasteiger partial charge on any atom is -0.466 e. The zero-order chi connectivity index (χ0) is 15.2. The SMILES string of the molecule is O=C(Cc1ccccc1)Nc1nnc(OC2CCCCC2)s1. The molecule has 0 aliphatic heterocycles. The van der Waals surface area contributed by atoms with E-state index in [0.29, 0.717) is 16.7 Å². The van der Waals surface area contributed by atoms with E-state index in [0.717, 1.165) is 18.4 Å². The van der Waals surface area contributed by atoms with Crippen molar-refractivity contribution in [3.63, 3.8) is 0 Å². The van der Waals surface area contributed by atoms with Crippen LogP contribution >= 0.6 is 11.3 Å². The highest BCUT2D eigenvalue weighted by atomic mass is 32.1. The lowest BCUT2D eigenvalue weighted by Crippen LogP contribution is -2.19. The van der Waals surface area contributed by atoms with Crippen LogP contribution in [0.15, 0.2) is 30.3 Å². The lowest BCUT2D eigenvalue weighted by molar-refractivity contribution is -0.115. The Morgan fingerprint density at radius 3 is 2.73 bits per heavy atom. The summed E-state index contributed by atoms with van der Waals surface area (Å²) in [5.74, 6) is -0.0911. The summed E-state index contributed by atoms with van der Waals surface area (Å²) >= 11 is 1.29. The van der Waals surface area contributed by atoms with Crippen LogP contribution in [0, 0.1) is 0 Å². The summed E-state index contributed by atoms with van der Waals surface area (Å²) < 4.78 is 5.83. The second kappa shape index (κ2) is 7.35. The van der Waals surface area contributed by atoms with Gasteiger partial charge in [-0.25, -0.2) is 0 Å². The van der Waals surface area contributed by atoms with Crippen molar-refractivity contribution in [1.82, 2.24) is 10.2 Å². The van der Waals surface area contributed by atoms with Gasteiger partial charge >= 0.3 is 0 Å². The molecule has 3 rings (SSSR count). The van der Waals surface area contributed by atoms with Crippen LogP contribution in [-0.2, 0) is 11.2 Å². The number of nitrogens with one attached hydrogen (secondary N) is 1. The summed E-state index contributed by atoms with van der Waals surface area (Å²) in [6, 6.07) is 9.63. The van der Waals surface area contributed by atoms with Crippen molar-refractivity contribution in [2.24, 2.45) is 0 Å². The third-order valence-corrected chi connectivity index (χ3v) is 4.41. The van der Waals surface area contributed by atoms with Crippen LogP contribution in [0.5, 0.6) is 5.19 Å². The molecule has 0 unspecified atom stereocenters. The average molecular weight is 317 g/mol. The topological polar surface area (TPSA) is 64.1 Å². The van der Waals surface area contributed by atoms with Gasteiger partial charge in [-0.2, -0.15) is 0 Å². The van der Waals surface area contributed by atoms with Gasteiger partial charge in [0.2, 0.25) is 11.0 Å². The van der Waals surface area contributed by atoms with Crippen LogP contribution in [-0.4, -0.2) is 22.2 Å². The van der Waals surface area contributed by atoms with Crippen molar-refractivity contribution in [3.05, 3.63) is 35.9 Å². The first-order chi connectivity index (χ1) is 10.8. The van der Waals surface area contributed by atoms with Crippen LogP contribution in [0.2, 0.25) is 0 Å². The zero-order valence-corrected chi connectivity index (χ0v) is 13.1. The summed E-state index contributed by atoms with van der Waals surface area (Å²) in [6.45, 7) is 0. The molecule has 2 aromatic rings. The number of ether oxygens (including phenoxy) is 1. The van der Waals surface area contributed by atoms with Gasteiger partial charge in [-0.1, -0.05) is 41.9 Å². The number of aromatic nitrogens is 2. The Labute approximate surface area is 133 Å². The highest BCUT2D eigenvalue weighted by Crippen LogP contribution is 2.27. The number of carbonyl (C=O) groups excluding carboxylic acids is 1. The van der Waals surface area contributed by atoms with Crippen molar-refractivity contribution in [1.29, 1.82) is 0 Å². The molecule has 1 saturated carbocycles. The van der Waals surface area contributed by atoms with E-state index in [1.165, 1.54) is 30.6 Å². The van der Waals surface area contributed by atoms with Crippen LogP contribution < -0.4 is 10.1 Å². The number of benzene rings is 1. The number of nitrogens with zero attached hydrogens (tertiary/aromatic N) is 2. The summed E-state index contributed by atoms with van der Waals surface area (Å²) in [7, 11) is 0. The minimum atomic E-state index is -0.0911. The number of amides is 1. The maximum Gasteiger partial charge on any atom is 0.296 e. The zero-order valence-electron chi connectivity index (χ0n) is 12.3. The van der Waals surface area contributed by atoms with Gasteiger partial charge in [-0.15, -0.1) is 5.10 Å². The number of rotatable bonds is 5. The van der Waals surface area contributed by atoms with Gasteiger partial charge in [0, 0.05) is 0 Å². The van der Waals surface area contributed by atoms with Crippen molar-refractivity contribution in [3.8, 4) is 5.19 Å². The molecule has 1 aliphatic carbocycles. The number of carbonyl (C=O) groups is 1. The van der Waals surface area contributed by atoms with E-state index < -0.39 is 0 Å². The number of anilines is 1. The first-order valence-corrected chi connectivity index (χ1v) is 8.45. The molecule has 1 aromatic carbocycles. The maximum absolute atomic E-state index is 12.0. The lowest BCUT2D eigenvalue weighted by atomic mass is 9.98. The second-order valence-corrected chi connectivity index (χ2v) is 6.40. The van der Waals surface area contributed by atoms with Gasteiger partial charge in [-0.05, 0) is 42.6 Å². The molecule has 0 bridgehead atoms. The molecule has 1 amide bonds. The molecule has 1 N–H and O–H groups in total. The fourth-order valence-corrected chi connectivity index (χ4v) is 3.26. The Bertz CT molecular complexity index is 609. The van der Waals surface area contributed by atoms with Gasteiger partial charge in [0.15, 0.2) is 0 Å². The number of hydrogen-bond donors (Lipinski definition) is 1. The molecule has 1 aliphatic rings. The summed E-state index contributed by atoms with van der Waals surface area (Å²) in [4.78, 5) is 12.0. The quantitative estimate of drug-likeness (QED) is 0.917. The van der Waals surface area contributed by atoms with E-state index in [-0.39, 0.29) is 12.0 Å². The van der Waals surface area contributed by atoms with E-state index in [1.54, 1.807) is 0 Å². The molecular weight excluding hydrogens is 298 g/mol. The molecule has 1 fully saturated rings. The average Bonchev–Trinajstić information content (AvgIpc) is 2.96. The molecule has 0 radical (unpaired) electrons. The fraction of sp³-hybridized carbons (Fsp3) is 0.438. The Morgan fingerprint density at radius 2 is 1.95 bits per heavy atom. The molecule has 5 nitrogen and oxygen atoms in total. The maximum atomic E-state index is 12.0. The van der Waals surface area contributed by atoms with Crippen LogP contribution in [0.1, 0.15) is 37.7 Å². The Kier molecular flexibility index (Phi) is 5.00. The largest absolute Gasteiger partial charge is 0.466 e. The Balaban J connectivity index is 1.51. The fourth-order valence-electron chi connectivity index (χ4n) is 2.58. The first kappa shape index (κ1) is 15.0. The lowest BCUT2D eigenvalue weighted by Gasteiger charge is -2.20. The monoisotopic (exact) mass is 317 g/mol. The van der Waals surface area contributed by atoms with Crippen molar-refractivity contribution >= 4 is 22.4 Å². The molecule has 116 valence electrons. The van der Waals surface area contributed by atoms with Crippen LogP contribution in [0.25, 0.3) is 0 Å². The molecule has 0 atom stereocenters. The highest BCUT2D eigenvalue weighted by Gasteiger charge is 2.17. The van der Waals surface area contributed by atoms with Gasteiger partial charge in [0.05, 0.1) is 6.42 Å². The van der Waals surface area contributed by atoms with E-state index in [2.05, 4.69) is 15.5 Å². The van der Waals surface area contributed by atoms with Gasteiger partial charge in [0.25, 0.3) is 5.19 Å². The van der Waals surface area contributed by atoms with Crippen molar-refractivity contribution in [2.75, 3.05) is 5.32 Å². The minimum absolute atomic E-state index is 0.0911. The standard InChI is InChI=1S/C16H19N3O2S/c20-14(11-12-7-3-1-4-8-12)17-15-18-19-16(22-15)21-13-9-5-2-6-10-13/h1,3-4,7-8,13H,2,5-6,9-11H2,(H,17,18,20). The van der Waals surface area contributed by atoms with Gasteiger partial charge in [0.1, 0.15) is 6.10 Å². The van der Waals surface area contributed by atoms with E-state index in [1.807, 2.05) is 30.3 Å². The van der Waals surface area contributed by atoms with E-state index in [9.17, 15) is 4.79 Å². The second-order valence-electron chi connectivity index (χ2n) is 5.46. The highest BCUT2D eigenvalue weighted by molar-refractivity contribution is 7.17. The molecule has 22 heavy (non-hydrogen) atoms. The van der Waals surface area contributed by atoms with Crippen LogP contribution in [0.3, 0.4) is 0 Å². The first-order valence-electron chi connectivity index (χ1n) is 7.63. The normalized spacial score (nSPS) is 15.5. The van der Waals surface area contributed by atoms with E-state index >= 15 is 0 Å². The molecular formula is C16H19N3O2S. The van der Waals surface area contributed by atoms with Crippen molar-refractivity contribution in [2.45, 2.75) is 44.6 Å². The van der Waals surface area contributed by atoms with Crippen LogP contribution in [0.4, 0.5) is 5.13 Å². The summed E-state index contributed by atoms with van der Waals surface area (Å²) in [5.41, 5.74) is 0.975. The van der Waals surface area contributed by atoms with Gasteiger partial charge in [-0.3, -0.25) is 4.79 Å². The third kappa shape index (κ3) is 4.27. The molecule has 1 heterocycles. The van der Waals surface area contributed by atoms with Crippen molar-refractivity contribution < 1.29 is 9.53 Å². The molecule has 0 spiro atoms. The van der Waals surface area contributed by atoms with Gasteiger partial charge < -0.3 is 10.1 Å².